The molecule has 0 aliphatic rings. The van der Waals surface area contributed by atoms with E-state index in [0.29, 0.717) is 0 Å². The molecular weight excluding hydrogens is 320 g/mol. The number of carbonyl (C=O) groups is 1. The molecule has 20 heavy (non-hydrogen) atoms. The van der Waals surface area contributed by atoms with Crippen molar-refractivity contribution in [3.63, 3.8) is 0 Å². The van der Waals surface area contributed by atoms with Crippen molar-refractivity contribution in [2.75, 3.05) is 7.11 Å². The lowest BCUT2D eigenvalue weighted by Gasteiger charge is -2.08. The highest BCUT2D eigenvalue weighted by molar-refractivity contribution is 7.81. The molecule has 0 radical (unpaired) electrons. The van der Waals surface area contributed by atoms with E-state index in [1.807, 2.05) is 0 Å². The second kappa shape index (κ2) is 5.62. The normalized spacial score (nSPS) is 11.8. The SMILES string of the molecule is COc1cc(C(=O)OS(=O)(=O)O)ccc1OS(=O)(=O)O. The number of carbonyl (C=O) groups excluding carboxylic acids is 1. The molecule has 0 aromatic heterocycles. The molecular formula is C8H8O10S2. The Kier molecular flexibility index (Phi) is 4.54. The summed E-state index contributed by atoms with van der Waals surface area (Å²) >= 11 is 0. The molecule has 112 valence electrons. The zero-order valence-corrected chi connectivity index (χ0v) is 11.3. The van der Waals surface area contributed by atoms with Crippen LogP contribution in [0, 0.1) is 0 Å². The van der Waals surface area contributed by atoms with Gasteiger partial charge < -0.3 is 13.1 Å². The van der Waals surface area contributed by atoms with Crippen molar-refractivity contribution in [3.8, 4) is 11.5 Å². The van der Waals surface area contributed by atoms with Crippen molar-refractivity contribution in [3.05, 3.63) is 23.8 Å². The fraction of sp³-hybridized carbons (Fsp3) is 0.125. The predicted molar refractivity (Wildman–Crippen MR) is 62.1 cm³/mol. The first-order valence-electron chi connectivity index (χ1n) is 4.58. The molecule has 1 rings (SSSR count). The van der Waals surface area contributed by atoms with Crippen LogP contribution in [0.25, 0.3) is 0 Å². The van der Waals surface area contributed by atoms with Crippen molar-refractivity contribution in [1.29, 1.82) is 0 Å². The Balaban J connectivity index is 3.13. The summed E-state index contributed by atoms with van der Waals surface area (Å²) in [5.74, 6) is -2.17. The zero-order chi connectivity index (χ0) is 15.6. The molecule has 1 aromatic carbocycles. The van der Waals surface area contributed by atoms with Crippen LogP contribution >= 0.6 is 0 Å². The molecule has 0 heterocycles. The first-order chi connectivity index (χ1) is 9.02. The standard InChI is InChI=1S/C8H8O10S2/c1-16-7-4-5(8(9)18-20(13,14)15)2-3-6(7)17-19(10,11)12/h2-4H,1H3,(H,10,11,12)(H,13,14,15). The van der Waals surface area contributed by atoms with Gasteiger partial charge in [-0.3, -0.25) is 9.11 Å². The average molecular weight is 328 g/mol. The molecule has 2 N–H and O–H groups in total. The van der Waals surface area contributed by atoms with Gasteiger partial charge in [-0.1, -0.05) is 0 Å². The van der Waals surface area contributed by atoms with Crippen molar-refractivity contribution in [2.24, 2.45) is 0 Å². The Morgan fingerprint density at radius 3 is 2.10 bits per heavy atom. The van der Waals surface area contributed by atoms with Crippen LogP contribution in [0.2, 0.25) is 0 Å². The van der Waals surface area contributed by atoms with E-state index in [9.17, 15) is 21.6 Å². The summed E-state index contributed by atoms with van der Waals surface area (Å²) < 4.78 is 71.2. The van der Waals surface area contributed by atoms with Gasteiger partial charge in [-0.05, 0) is 18.2 Å². The van der Waals surface area contributed by atoms with E-state index in [0.717, 1.165) is 25.3 Å². The highest BCUT2D eigenvalue weighted by Crippen LogP contribution is 2.29. The zero-order valence-electron chi connectivity index (χ0n) is 9.71. The van der Waals surface area contributed by atoms with Gasteiger partial charge in [0.1, 0.15) is 0 Å². The molecule has 0 aliphatic carbocycles. The maximum absolute atomic E-state index is 11.3. The molecule has 0 aliphatic heterocycles. The van der Waals surface area contributed by atoms with Gasteiger partial charge in [0.05, 0.1) is 12.7 Å². The van der Waals surface area contributed by atoms with E-state index in [2.05, 4.69) is 8.37 Å². The number of hydrogen-bond acceptors (Lipinski definition) is 8. The smallest absolute Gasteiger partial charge is 0.449 e. The minimum atomic E-state index is -4.99. The largest absolute Gasteiger partial charge is 0.493 e. The Labute approximate surface area is 113 Å². The molecule has 1 aromatic rings. The van der Waals surface area contributed by atoms with Crippen molar-refractivity contribution in [1.82, 2.24) is 0 Å². The average Bonchev–Trinajstić information content (AvgIpc) is 2.25. The van der Waals surface area contributed by atoms with Crippen molar-refractivity contribution < 1.29 is 43.8 Å². The summed E-state index contributed by atoms with van der Waals surface area (Å²) in [4.78, 5) is 11.3. The van der Waals surface area contributed by atoms with Crippen LogP contribution in [0.4, 0.5) is 0 Å². The second-order valence-corrected chi connectivity index (χ2v) is 5.22. The quantitative estimate of drug-likeness (QED) is 0.696. The summed E-state index contributed by atoms with van der Waals surface area (Å²) in [5.41, 5.74) is -0.373. The van der Waals surface area contributed by atoms with Gasteiger partial charge in [0.15, 0.2) is 11.5 Å². The summed E-state index contributed by atoms with van der Waals surface area (Å²) in [7, 11) is -8.69. The molecule has 0 fully saturated rings. The summed E-state index contributed by atoms with van der Waals surface area (Å²) in [5, 5.41) is 0. The fourth-order valence-corrected chi connectivity index (χ4v) is 1.77. The number of methoxy groups -OCH3 is 1. The van der Waals surface area contributed by atoms with Crippen LogP contribution in [0.15, 0.2) is 18.2 Å². The van der Waals surface area contributed by atoms with E-state index < -0.39 is 32.5 Å². The van der Waals surface area contributed by atoms with Gasteiger partial charge in [0, 0.05) is 0 Å². The maximum atomic E-state index is 11.3. The van der Waals surface area contributed by atoms with Crippen molar-refractivity contribution >= 4 is 26.8 Å². The lowest BCUT2D eigenvalue weighted by molar-refractivity contribution is 0.0727. The van der Waals surface area contributed by atoms with E-state index in [1.165, 1.54) is 0 Å². The van der Waals surface area contributed by atoms with Gasteiger partial charge in [-0.25, -0.2) is 4.79 Å². The summed E-state index contributed by atoms with van der Waals surface area (Å²) in [6.45, 7) is 0. The van der Waals surface area contributed by atoms with Crippen LogP contribution < -0.4 is 8.92 Å². The lowest BCUT2D eigenvalue weighted by atomic mass is 10.2. The van der Waals surface area contributed by atoms with Gasteiger partial charge in [0.2, 0.25) is 0 Å². The van der Waals surface area contributed by atoms with Crippen molar-refractivity contribution in [2.45, 2.75) is 0 Å². The minimum absolute atomic E-state index is 0.299. The molecule has 0 spiro atoms. The molecule has 0 saturated heterocycles. The highest BCUT2D eigenvalue weighted by Gasteiger charge is 2.19. The number of ether oxygens (including phenoxy) is 1. The Morgan fingerprint density at radius 2 is 1.65 bits per heavy atom. The van der Waals surface area contributed by atoms with Gasteiger partial charge in [0.25, 0.3) is 0 Å². The van der Waals surface area contributed by atoms with Crippen LogP contribution in [-0.4, -0.2) is 39.0 Å². The van der Waals surface area contributed by atoms with Crippen LogP contribution in [-0.2, 0) is 25.0 Å². The van der Waals surface area contributed by atoms with Gasteiger partial charge >= 0.3 is 26.8 Å². The topological polar surface area (TPSA) is 154 Å². The van der Waals surface area contributed by atoms with Gasteiger partial charge in [-0.2, -0.15) is 16.8 Å². The second-order valence-electron chi connectivity index (χ2n) is 3.18. The van der Waals surface area contributed by atoms with Gasteiger partial charge in [-0.15, -0.1) is 0 Å². The third-order valence-electron chi connectivity index (χ3n) is 1.78. The fourth-order valence-electron chi connectivity index (χ4n) is 1.12. The van der Waals surface area contributed by atoms with Crippen LogP contribution in [0.1, 0.15) is 10.4 Å². The minimum Gasteiger partial charge on any atom is -0.493 e. The first kappa shape index (κ1) is 16.2. The molecule has 0 saturated carbocycles. The third-order valence-corrected chi connectivity index (χ3v) is 2.53. The molecule has 0 amide bonds. The highest BCUT2D eigenvalue weighted by atomic mass is 32.3. The van der Waals surface area contributed by atoms with E-state index in [-0.39, 0.29) is 11.3 Å². The molecule has 0 atom stereocenters. The summed E-state index contributed by atoms with van der Waals surface area (Å²) in [6, 6.07) is 2.72. The molecule has 12 heteroatoms. The number of rotatable bonds is 5. The number of benzene rings is 1. The predicted octanol–water partition coefficient (Wildman–Crippen LogP) is -0.164. The van der Waals surface area contributed by atoms with Crippen LogP contribution in [0.5, 0.6) is 11.5 Å². The van der Waals surface area contributed by atoms with E-state index in [1.54, 1.807) is 0 Å². The molecule has 0 bridgehead atoms. The van der Waals surface area contributed by atoms with Crippen LogP contribution in [0.3, 0.4) is 0 Å². The summed E-state index contributed by atoms with van der Waals surface area (Å²) in [6.07, 6.45) is 0. The number of hydrogen-bond donors (Lipinski definition) is 2. The third kappa shape index (κ3) is 5.00. The van der Waals surface area contributed by atoms with E-state index in [4.69, 9.17) is 13.8 Å². The van der Waals surface area contributed by atoms with E-state index >= 15 is 0 Å². The first-order valence-corrected chi connectivity index (χ1v) is 7.31. The Morgan fingerprint density at radius 1 is 1.05 bits per heavy atom. The Hall–Kier alpha value is -1.89. The Bertz CT molecular complexity index is 718. The maximum Gasteiger partial charge on any atom is 0.449 e. The molecule has 0 unspecified atom stereocenters. The lowest BCUT2D eigenvalue weighted by Crippen LogP contribution is -2.12. The molecule has 10 nitrogen and oxygen atoms in total. The monoisotopic (exact) mass is 328 g/mol.